The highest BCUT2D eigenvalue weighted by atomic mass is 16.5. The summed E-state index contributed by atoms with van der Waals surface area (Å²) in [5.41, 5.74) is 2.74. The van der Waals surface area contributed by atoms with Crippen LogP contribution in [-0.2, 0) is 11.2 Å². The van der Waals surface area contributed by atoms with Crippen LogP contribution in [0.5, 0.6) is 0 Å². The molecule has 0 heterocycles. The number of hydrogen-bond donors (Lipinski definition) is 1. The maximum atomic E-state index is 5.49. The van der Waals surface area contributed by atoms with Crippen LogP contribution in [0, 0.1) is 6.92 Å². The molecule has 2 nitrogen and oxygen atoms in total. The molecular formula is C15H25NO. The summed E-state index contributed by atoms with van der Waals surface area (Å²) in [4.78, 5) is 0. The van der Waals surface area contributed by atoms with Gasteiger partial charge in [-0.25, -0.2) is 0 Å². The first kappa shape index (κ1) is 14.2. The first-order valence-corrected chi connectivity index (χ1v) is 6.63. The van der Waals surface area contributed by atoms with Gasteiger partial charge in [-0.15, -0.1) is 0 Å². The summed E-state index contributed by atoms with van der Waals surface area (Å²) in [5.74, 6) is 0. The molecule has 1 N–H and O–H groups in total. The van der Waals surface area contributed by atoms with Gasteiger partial charge in [-0.1, -0.05) is 36.8 Å². The van der Waals surface area contributed by atoms with Crippen LogP contribution in [0.4, 0.5) is 0 Å². The highest BCUT2D eigenvalue weighted by Crippen LogP contribution is 2.07. The molecule has 0 bridgehead atoms. The second-order valence-corrected chi connectivity index (χ2v) is 4.44. The molecule has 1 unspecified atom stereocenters. The minimum absolute atomic E-state index is 0.473. The lowest BCUT2D eigenvalue weighted by Gasteiger charge is -2.17. The zero-order chi connectivity index (χ0) is 12.5. The Hall–Kier alpha value is -0.860. The molecule has 0 saturated heterocycles. The van der Waals surface area contributed by atoms with Crippen molar-refractivity contribution in [3.05, 3.63) is 35.4 Å². The first-order chi connectivity index (χ1) is 8.26. The molecule has 0 amide bonds. The summed E-state index contributed by atoms with van der Waals surface area (Å²) in [6, 6.07) is 9.28. The molecule has 0 aliphatic rings. The largest absolute Gasteiger partial charge is 0.380 e. The average Bonchev–Trinajstić information content (AvgIpc) is 2.35. The zero-order valence-corrected chi connectivity index (χ0v) is 11.3. The molecule has 0 fully saturated rings. The number of rotatable bonds is 8. The van der Waals surface area contributed by atoms with Gasteiger partial charge in [0.2, 0.25) is 0 Å². The van der Waals surface area contributed by atoms with Crippen molar-refractivity contribution in [1.29, 1.82) is 0 Å². The van der Waals surface area contributed by atoms with E-state index in [2.05, 4.69) is 43.4 Å². The molecule has 0 aliphatic carbocycles. The predicted molar refractivity (Wildman–Crippen MR) is 73.5 cm³/mol. The molecule has 0 aliphatic heterocycles. The molecule has 0 aromatic heterocycles. The van der Waals surface area contributed by atoms with Gasteiger partial charge >= 0.3 is 0 Å². The van der Waals surface area contributed by atoms with Gasteiger partial charge in [-0.2, -0.15) is 0 Å². The van der Waals surface area contributed by atoms with Crippen molar-refractivity contribution >= 4 is 0 Å². The third-order valence-corrected chi connectivity index (χ3v) is 2.92. The van der Waals surface area contributed by atoms with Crippen LogP contribution in [0.25, 0.3) is 0 Å². The van der Waals surface area contributed by atoms with E-state index in [0.29, 0.717) is 6.04 Å². The standard InChI is InChI=1S/C15H25NO/c1-4-16-15(12-17-5-2)11-10-14-8-6-13(3)7-9-14/h6-9,15-16H,4-5,10-12H2,1-3H3. The number of benzene rings is 1. The minimum atomic E-state index is 0.473. The summed E-state index contributed by atoms with van der Waals surface area (Å²) in [7, 11) is 0. The molecular weight excluding hydrogens is 210 g/mol. The molecule has 1 aromatic rings. The van der Waals surface area contributed by atoms with Crippen LogP contribution in [0.2, 0.25) is 0 Å². The van der Waals surface area contributed by atoms with Gasteiger partial charge in [0.05, 0.1) is 6.61 Å². The second-order valence-electron chi connectivity index (χ2n) is 4.44. The van der Waals surface area contributed by atoms with Crippen molar-refractivity contribution in [2.45, 2.75) is 39.7 Å². The Bertz CT molecular complexity index is 294. The molecule has 1 atom stereocenters. The summed E-state index contributed by atoms with van der Waals surface area (Å²) in [6.07, 6.45) is 2.25. The van der Waals surface area contributed by atoms with E-state index in [9.17, 15) is 0 Å². The maximum Gasteiger partial charge on any atom is 0.0619 e. The van der Waals surface area contributed by atoms with Crippen molar-refractivity contribution in [1.82, 2.24) is 5.32 Å². The highest BCUT2D eigenvalue weighted by Gasteiger charge is 2.07. The van der Waals surface area contributed by atoms with Crippen molar-refractivity contribution in [3.8, 4) is 0 Å². The van der Waals surface area contributed by atoms with Gasteiger partial charge in [-0.05, 0) is 38.8 Å². The topological polar surface area (TPSA) is 21.3 Å². The van der Waals surface area contributed by atoms with Crippen LogP contribution < -0.4 is 5.32 Å². The minimum Gasteiger partial charge on any atom is -0.380 e. The van der Waals surface area contributed by atoms with Crippen molar-refractivity contribution in [2.75, 3.05) is 19.8 Å². The van der Waals surface area contributed by atoms with Crippen LogP contribution >= 0.6 is 0 Å². The third kappa shape index (κ3) is 5.85. The van der Waals surface area contributed by atoms with E-state index in [0.717, 1.165) is 32.6 Å². The molecule has 2 heteroatoms. The molecule has 0 spiro atoms. The fraction of sp³-hybridized carbons (Fsp3) is 0.600. The number of ether oxygens (including phenoxy) is 1. The Morgan fingerprint density at radius 1 is 1.18 bits per heavy atom. The Morgan fingerprint density at radius 3 is 2.47 bits per heavy atom. The smallest absolute Gasteiger partial charge is 0.0619 e. The normalized spacial score (nSPS) is 12.6. The molecule has 0 saturated carbocycles. The monoisotopic (exact) mass is 235 g/mol. The Balaban J connectivity index is 2.37. The lowest BCUT2D eigenvalue weighted by atomic mass is 10.0. The summed E-state index contributed by atoms with van der Waals surface area (Å²) < 4.78 is 5.49. The maximum absolute atomic E-state index is 5.49. The van der Waals surface area contributed by atoms with E-state index < -0.39 is 0 Å². The summed E-state index contributed by atoms with van der Waals surface area (Å²) >= 11 is 0. The highest BCUT2D eigenvalue weighted by molar-refractivity contribution is 5.21. The average molecular weight is 235 g/mol. The van der Waals surface area contributed by atoms with Crippen LogP contribution in [0.3, 0.4) is 0 Å². The Kier molecular flexibility index (Phi) is 6.90. The van der Waals surface area contributed by atoms with Gasteiger partial charge in [-0.3, -0.25) is 0 Å². The van der Waals surface area contributed by atoms with E-state index in [4.69, 9.17) is 4.74 Å². The second kappa shape index (κ2) is 8.26. The molecule has 96 valence electrons. The van der Waals surface area contributed by atoms with E-state index in [1.807, 2.05) is 6.92 Å². The summed E-state index contributed by atoms with van der Waals surface area (Å²) in [6.45, 7) is 8.93. The van der Waals surface area contributed by atoms with Gasteiger partial charge in [0.1, 0.15) is 0 Å². The quantitative estimate of drug-likeness (QED) is 0.748. The fourth-order valence-electron chi connectivity index (χ4n) is 1.89. The van der Waals surface area contributed by atoms with Crippen molar-refractivity contribution < 1.29 is 4.74 Å². The van der Waals surface area contributed by atoms with Gasteiger partial charge in [0, 0.05) is 12.6 Å². The predicted octanol–water partition coefficient (Wildman–Crippen LogP) is 2.94. The Labute approximate surface area is 105 Å². The Morgan fingerprint density at radius 2 is 1.88 bits per heavy atom. The van der Waals surface area contributed by atoms with E-state index >= 15 is 0 Å². The van der Waals surface area contributed by atoms with Crippen LogP contribution in [0.1, 0.15) is 31.4 Å². The van der Waals surface area contributed by atoms with E-state index in [-0.39, 0.29) is 0 Å². The van der Waals surface area contributed by atoms with Crippen LogP contribution in [0.15, 0.2) is 24.3 Å². The summed E-state index contributed by atoms with van der Waals surface area (Å²) in [5, 5.41) is 3.47. The third-order valence-electron chi connectivity index (χ3n) is 2.92. The number of aryl methyl sites for hydroxylation is 2. The zero-order valence-electron chi connectivity index (χ0n) is 11.3. The fourth-order valence-corrected chi connectivity index (χ4v) is 1.89. The van der Waals surface area contributed by atoms with Crippen LogP contribution in [-0.4, -0.2) is 25.8 Å². The number of likely N-dealkylation sites (N-methyl/N-ethyl adjacent to an activating group) is 1. The lowest BCUT2D eigenvalue weighted by Crippen LogP contribution is -2.33. The van der Waals surface area contributed by atoms with Crippen molar-refractivity contribution in [2.24, 2.45) is 0 Å². The number of nitrogens with one attached hydrogen (secondary N) is 1. The molecule has 0 radical (unpaired) electrons. The number of hydrogen-bond acceptors (Lipinski definition) is 2. The first-order valence-electron chi connectivity index (χ1n) is 6.63. The van der Waals surface area contributed by atoms with E-state index in [1.165, 1.54) is 11.1 Å². The van der Waals surface area contributed by atoms with Gasteiger partial charge < -0.3 is 10.1 Å². The SMILES string of the molecule is CCNC(CCc1ccc(C)cc1)COCC. The van der Waals surface area contributed by atoms with Crippen molar-refractivity contribution in [3.63, 3.8) is 0 Å². The lowest BCUT2D eigenvalue weighted by molar-refractivity contribution is 0.120. The van der Waals surface area contributed by atoms with E-state index in [1.54, 1.807) is 0 Å². The van der Waals surface area contributed by atoms with Gasteiger partial charge in [0.15, 0.2) is 0 Å². The van der Waals surface area contributed by atoms with Gasteiger partial charge in [0.25, 0.3) is 0 Å². The molecule has 1 rings (SSSR count). The molecule has 17 heavy (non-hydrogen) atoms. The molecule has 1 aromatic carbocycles.